The largest absolute Gasteiger partial charge is 0.353 e. The maximum atomic E-state index is 11.6. The lowest BCUT2D eigenvalue weighted by molar-refractivity contribution is -0.128. The molecule has 108 valence electrons. The Bertz CT molecular complexity index is 396. The number of hydrogen-bond acceptors (Lipinski definition) is 2. The van der Waals surface area contributed by atoms with E-state index in [2.05, 4.69) is 49.1 Å². The summed E-state index contributed by atoms with van der Waals surface area (Å²) in [6.07, 6.45) is 4.76. The third kappa shape index (κ3) is 4.71. The van der Waals surface area contributed by atoms with E-state index in [4.69, 9.17) is 0 Å². The molecule has 1 rings (SSSR count). The van der Waals surface area contributed by atoms with Gasteiger partial charge in [-0.05, 0) is 24.1 Å². The van der Waals surface area contributed by atoms with E-state index in [1.807, 2.05) is 0 Å². The number of aryl methyl sites for hydroxylation is 1. The highest BCUT2D eigenvalue weighted by Gasteiger charge is 2.15. The van der Waals surface area contributed by atoms with Crippen molar-refractivity contribution in [3.8, 4) is 0 Å². The van der Waals surface area contributed by atoms with Crippen LogP contribution in [0.3, 0.4) is 0 Å². The fourth-order valence-electron chi connectivity index (χ4n) is 2.19. The zero-order chi connectivity index (χ0) is 14.4. The van der Waals surface area contributed by atoms with Gasteiger partial charge in [0.1, 0.15) is 0 Å². The van der Waals surface area contributed by atoms with Gasteiger partial charge in [0.15, 0.2) is 0 Å². The van der Waals surface area contributed by atoms with E-state index < -0.39 is 0 Å². The lowest BCUT2D eigenvalue weighted by Gasteiger charge is -2.20. The number of nitrogens with one attached hydrogen (secondary N) is 1. The van der Waals surface area contributed by atoms with Crippen LogP contribution < -0.4 is 5.32 Å². The Morgan fingerprint density at radius 1 is 1.42 bits per heavy atom. The van der Waals surface area contributed by atoms with Gasteiger partial charge in [0.25, 0.3) is 0 Å². The van der Waals surface area contributed by atoms with E-state index in [1.54, 1.807) is 19.0 Å². The monoisotopic (exact) mass is 265 g/mol. The summed E-state index contributed by atoms with van der Waals surface area (Å²) < 4.78 is 2.10. The van der Waals surface area contributed by atoms with Gasteiger partial charge in [-0.1, -0.05) is 20.8 Å². The lowest BCUT2D eigenvalue weighted by Crippen LogP contribution is -2.25. The van der Waals surface area contributed by atoms with Crippen LogP contribution in [0.1, 0.15) is 38.8 Å². The van der Waals surface area contributed by atoms with Crippen LogP contribution in [-0.2, 0) is 11.3 Å². The van der Waals surface area contributed by atoms with Crippen LogP contribution in [0.4, 0.5) is 0 Å². The summed E-state index contributed by atoms with van der Waals surface area (Å²) in [4.78, 5) is 13.2. The van der Waals surface area contributed by atoms with Crippen LogP contribution in [0, 0.1) is 5.92 Å². The van der Waals surface area contributed by atoms with Crippen LogP contribution in [0.25, 0.3) is 0 Å². The molecule has 1 atom stereocenters. The van der Waals surface area contributed by atoms with Gasteiger partial charge in [-0.3, -0.25) is 4.79 Å². The maximum absolute atomic E-state index is 11.6. The first kappa shape index (κ1) is 15.8. The molecule has 0 aromatic carbocycles. The quantitative estimate of drug-likeness (QED) is 0.821. The molecule has 0 radical (unpaired) electrons. The first-order valence-corrected chi connectivity index (χ1v) is 7.05. The molecule has 1 aromatic rings. The fourth-order valence-corrected chi connectivity index (χ4v) is 2.19. The molecule has 4 nitrogen and oxygen atoms in total. The van der Waals surface area contributed by atoms with Gasteiger partial charge < -0.3 is 14.8 Å². The Hall–Kier alpha value is -1.29. The summed E-state index contributed by atoms with van der Waals surface area (Å²) in [7, 11) is 3.59. The molecule has 0 fully saturated rings. The molecule has 0 aliphatic rings. The third-order valence-electron chi connectivity index (χ3n) is 3.31. The minimum absolute atomic E-state index is 0.169. The zero-order valence-electron chi connectivity index (χ0n) is 12.8. The summed E-state index contributed by atoms with van der Waals surface area (Å²) in [6, 6.07) is 2.53. The molecule has 0 aliphatic carbocycles. The van der Waals surface area contributed by atoms with E-state index in [0.29, 0.717) is 18.4 Å². The van der Waals surface area contributed by atoms with Crippen molar-refractivity contribution in [3.05, 3.63) is 24.0 Å². The maximum Gasteiger partial charge on any atom is 0.223 e. The van der Waals surface area contributed by atoms with Crippen molar-refractivity contribution in [2.75, 3.05) is 20.6 Å². The first-order chi connectivity index (χ1) is 8.95. The fraction of sp³-hybridized carbons (Fsp3) is 0.667. The molecule has 0 saturated heterocycles. The van der Waals surface area contributed by atoms with Crippen LogP contribution in [0.15, 0.2) is 18.5 Å². The van der Waals surface area contributed by atoms with E-state index in [9.17, 15) is 4.79 Å². The molecular formula is C15H27N3O. The van der Waals surface area contributed by atoms with Crippen LogP contribution in [-0.4, -0.2) is 36.0 Å². The summed E-state index contributed by atoms with van der Waals surface area (Å²) >= 11 is 0. The Balaban J connectivity index is 2.63. The molecule has 1 aromatic heterocycles. The number of hydrogen-bond donors (Lipinski definition) is 1. The Morgan fingerprint density at radius 3 is 2.63 bits per heavy atom. The van der Waals surface area contributed by atoms with Gasteiger partial charge in [0, 0.05) is 45.5 Å². The molecule has 19 heavy (non-hydrogen) atoms. The van der Waals surface area contributed by atoms with Crippen molar-refractivity contribution in [1.29, 1.82) is 0 Å². The van der Waals surface area contributed by atoms with E-state index in [1.165, 1.54) is 5.56 Å². The average Bonchev–Trinajstić information content (AvgIpc) is 2.80. The number of nitrogens with zero attached hydrogens (tertiary/aromatic N) is 2. The second-order valence-corrected chi connectivity index (χ2v) is 5.50. The Morgan fingerprint density at radius 2 is 2.11 bits per heavy atom. The van der Waals surface area contributed by atoms with Gasteiger partial charge >= 0.3 is 0 Å². The van der Waals surface area contributed by atoms with Crippen LogP contribution in [0.5, 0.6) is 0 Å². The van der Waals surface area contributed by atoms with Crippen molar-refractivity contribution >= 4 is 5.91 Å². The van der Waals surface area contributed by atoms with E-state index >= 15 is 0 Å². The molecule has 0 spiro atoms. The van der Waals surface area contributed by atoms with E-state index in [0.717, 1.165) is 13.1 Å². The molecule has 0 aliphatic heterocycles. The summed E-state index contributed by atoms with van der Waals surface area (Å²) in [6.45, 7) is 8.28. The SMILES string of the molecule is CCNC(c1ccn(CCC(=O)N(C)C)c1)C(C)C. The highest BCUT2D eigenvalue weighted by atomic mass is 16.2. The van der Waals surface area contributed by atoms with E-state index in [-0.39, 0.29) is 5.91 Å². The minimum atomic E-state index is 0.169. The lowest BCUT2D eigenvalue weighted by atomic mass is 9.98. The number of aromatic nitrogens is 1. The Labute approximate surface area is 116 Å². The highest BCUT2D eigenvalue weighted by molar-refractivity contribution is 5.75. The molecule has 1 unspecified atom stereocenters. The van der Waals surface area contributed by atoms with Gasteiger partial charge in [-0.15, -0.1) is 0 Å². The molecule has 0 saturated carbocycles. The van der Waals surface area contributed by atoms with Crippen molar-refractivity contribution in [2.45, 2.75) is 39.8 Å². The standard InChI is InChI=1S/C15H27N3O/c1-6-16-15(12(2)3)13-7-9-18(11-13)10-8-14(19)17(4)5/h7,9,11-12,15-16H,6,8,10H2,1-5H3. The predicted molar refractivity (Wildman–Crippen MR) is 79.0 cm³/mol. The smallest absolute Gasteiger partial charge is 0.223 e. The first-order valence-electron chi connectivity index (χ1n) is 7.05. The summed E-state index contributed by atoms with van der Waals surface area (Å²) in [5.74, 6) is 0.724. The van der Waals surface area contributed by atoms with Gasteiger partial charge in [-0.2, -0.15) is 0 Å². The highest BCUT2D eigenvalue weighted by Crippen LogP contribution is 2.21. The van der Waals surface area contributed by atoms with Crippen molar-refractivity contribution in [1.82, 2.24) is 14.8 Å². The van der Waals surface area contributed by atoms with Crippen LogP contribution in [0.2, 0.25) is 0 Å². The van der Waals surface area contributed by atoms with Gasteiger partial charge in [0.2, 0.25) is 5.91 Å². The predicted octanol–water partition coefficient (Wildman–Crippen LogP) is 2.27. The molecular weight excluding hydrogens is 238 g/mol. The molecule has 0 bridgehead atoms. The molecule has 1 amide bonds. The normalized spacial score (nSPS) is 12.7. The van der Waals surface area contributed by atoms with Gasteiger partial charge in [-0.25, -0.2) is 0 Å². The van der Waals surface area contributed by atoms with Crippen LogP contribution >= 0.6 is 0 Å². The Kier molecular flexibility index (Phi) is 6.09. The summed E-state index contributed by atoms with van der Waals surface area (Å²) in [5, 5.41) is 3.51. The minimum Gasteiger partial charge on any atom is -0.353 e. The van der Waals surface area contributed by atoms with Crippen molar-refractivity contribution in [2.24, 2.45) is 5.92 Å². The number of rotatable bonds is 7. The second kappa shape index (κ2) is 7.34. The van der Waals surface area contributed by atoms with Gasteiger partial charge in [0.05, 0.1) is 0 Å². The van der Waals surface area contributed by atoms with Crippen molar-refractivity contribution in [3.63, 3.8) is 0 Å². The number of amides is 1. The third-order valence-corrected chi connectivity index (χ3v) is 3.31. The zero-order valence-corrected chi connectivity index (χ0v) is 12.8. The van der Waals surface area contributed by atoms with Crippen molar-refractivity contribution < 1.29 is 4.79 Å². The topological polar surface area (TPSA) is 37.3 Å². The average molecular weight is 265 g/mol. The molecule has 1 heterocycles. The molecule has 1 N–H and O–H groups in total. The second-order valence-electron chi connectivity index (χ2n) is 5.50. The number of carbonyl (C=O) groups is 1. The number of carbonyl (C=O) groups excluding carboxylic acids is 1. The summed E-state index contributed by atoms with van der Waals surface area (Å²) in [5.41, 5.74) is 1.30. The molecule has 4 heteroatoms.